The van der Waals surface area contributed by atoms with Gasteiger partial charge in [-0.15, -0.1) is 11.8 Å². The van der Waals surface area contributed by atoms with E-state index in [9.17, 15) is 14.4 Å². The quantitative estimate of drug-likeness (QED) is 0.122. The van der Waals surface area contributed by atoms with Gasteiger partial charge in [0.15, 0.2) is 0 Å². The lowest BCUT2D eigenvalue weighted by atomic mass is 10.1. The number of carboxylic acids is 1. The highest BCUT2D eigenvalue weighted by molar-refractivity contribution is 7.99. The number of aromatic nitrogens is 2. The lowest BCUT2D eigenvalue weighted by Gasteiger charge is -2.30. The maximum Gasteiger partial charge on any atom is 0.320 e. The molecular formula is C36H42N6O5S. The lowest BCUT2D eigenvalue weighted by Crippen LogP contribution is -2.35. The minimum Gasteiger partial charge on any atom is -0.493 e. The highest BCUT2D eigenvalue weighted by atomic mass is 32.2. The summed E-state index contributed by atoms with van der Waals surface area (Å²) < 4.78 is 7.83. The molecule has 3 aromatic carbocycles. The number of amides is 3. The predicted octanol–water partition coefficient (Wildman–Crippen LogP) is 5.83. The number of aliphatic carboxylic acids is 1. The molecule has 12 heteroatoms. The molecule has 1 unspecified atom stereocenters. The fourth-order valence-corrected chi connectivity index (χ4v) is 6.65. The Bertz CT molecular complexity index is 1760. The summed E-state index contributed by atoms with van der Waals surface area (Å²) in [6.07, 6.45) is 5.63. The van der Waals surface area contributed by atoms with Crippen molar-refractivity contribution in [3.8, 4) is 16.9 Å². The molecule has 0 spiro atoms. The number of hydrogen-bond donors (Lipinski definition) is 4. The lowest BCUT2D eigenvalue weighted by molar-refractivity contribution is -0.138. The van der Waals surface area contributed by atoms with Gasteiger partial charge in [-0.05, 0) is 74.1 Å². The van der Waals surface area contributed by atoms with E-state index in [-0.39, 0.29) is 18.4 Å². The monoisotopic (exact) mass is 670 g/mol. The summed E-state index contributed by atoms with van der Waals surface area (Å²) in [4.78, 5) is 39.5. The van der Waals surface area contributed by atoms with Crippen LogP contribution >= 0.6 is 11.8 Å². The largest absolute Gasteiger partial charge is 0.493 e. The summed E-state index contributed by atoms with van der Waals surface area (Å²) in [5.41, 5.74) is 12.3. The fourth-order valence-electron chi connectivity index (χ4n) is 5.50. The van der Waals surface area contributed by atoms with Gasteiger partial charge in [0.1, 0.15) is 11.8 Å². The molecule has 0 aliphatic carbocycles. The fraction of sp³-hybridized carbons (Fsp3) is 0.333. The average Bonchev–Trinajstić information content (AvgIpc) is 3.54. The zero-order valence-electron chi connectivity index (χ0n) is 27.3. The topological polar surface area (TPSA) is 152 Å². The first kappa shape index (κ1) is 34.5. The van der Waals surface area contributed by atoms with Gasteiger partial charge in [0, 0.05) is 53.2 Å². The highest BCUT2D eigenvalue weighted by Gasteiger charge is 2.25. The van der Waals surface area contributed by atoms with Crippen molar-refractivity contribution in [3.63, 3.8) is 0 Å². The third-order valence-electron chi connectivity index (χ3n) is 8.26. The van der Waals surface area contributed by atoms with Crippen molar-refractivity contribution in [1.29, 1.82) is 0 Å². The van der Waals surface area contributed by atoms with Crippen molar-refractivity contribution in [1.82, 2.24) is 15.1 Å². The molecule has 4 aromatic rings. The summed E-state index contributed by atoms with van der Waals surface area (Å²) >= 11 is 1.76. The minimum atomic E-state index is -1.05. The van der Waals surface area contributed by atoms with Crippen LogP contribution in [-0.2, 0) is 16.1 Å². The molecule has 1 aliphatic rings. The molecule has 0 radical (unpaired) electrons. The molecule has 11 nitrogen and oxygen atoms in total. The Kier molecular flexibility index (Phi) is 11.8. The van der Waals surface area contributed by atoms with E-state index in [0.29, 0.717) is 51.2 Å². The normalized spacial score (nSPS) is 13.0. The zero-order valence-corrected chi connectivity index (χ0v) is 28.1. The number of anilines is 2. The number of nitrogens with zero attached hydrogens (tertiary/aromatic N) is 3. The summed E-state index contributed by atoms with van der Waals surface area (Å²) in [6, 6.07) is 18.3. The summed E-state index contributed by atoms with van der Waals surface area (Å²) in [5.74, 6) is 0.724. The van der Waals surface area contributed by atoms with E-state index < -0.39 is 12.0 Å². The van der Waals surface area contributed by atoms with Gasteiger partial charge in [-0.3, -0.25) is 14.3 Å². The molecule has 0 fully saturated rings. The van der Waals surface area contributed by atoms with Gasteiger partial charge in [0.25, 0.3) is 0 Å². The number of rotatable bonds is 14. The molecule has 1 atom stereocenters. The molecule has 0 saturated heterocycles. The molecule has 0 saturated carbocycles. The third kappa shape index (κ3) is 8.96. The number of hydrogen-bond acceptors (Lipinski definition) is 7. The summed E-state index contributed by atoms with van der Waals surface area (Å²) in [7, 11) is 0. The highest BCUT2D eigenvalue weighted by Crippen LogP contribution is 2.42. The molecule has 3 amide bonds. The summed E-state index contributed by atoms with van der Waals surface area (Å²) in [5, 5.41) is 19.0. The predicted molar refractivity (Wildman–Crippen MR) is 189 cm³/mol. The van der Waals surface area contributed by atoms with Crippen molar-refractivity contribution in [3.05, 3.63) is 89.7 Å². The molecule has 0 bridgehead atoms. The molecule has 1 aromatic heterocycles. The van der Waals surface area contributed by atoms with Gasteiger partial charge in [-0.25, -0.2) is 4.79 Å². The van der Waals surface area contributed by atoms with Crippen LogP contribution in [0.3, 0.4) is 0 Å². The first-order valence-corrected chi connectivity index (χ1v) is 17.1. The molecule has 252 valence electrons. The van der Waals surface area contributed by atoms with Gasteiger partial charge >= 0.3 is 12.0 Å². The van der Waals surface area contributed by atoms with E-state index in [1.165, 1.54) is 5.56 Å². The summed E-state index contributed by atoms with van der Waals surface area (Å²) in [6.45, 7) is 6.09. The van der Waals surface area contributed by atoms with Gasteiger partial charge in [0.2, 0.25) is 5.91 Å². The second-order valence-electron chi connectivity index (χ2n) is 11.8. The number of benzene rings is 3. The molecule has 2 heterocycles. The Balaban J connectivity index is 1.16. The Morgan fingerprint density at radius 1 is 1.08 bits per heavy atom. The van der Waals surface area contributed by atoms with Crippen LogP contribution in [-0.4, -0.2) is 64.3 Å². The van der Waals surface area contributed by atoms with E-state index in [1.54, 1.807) is 17.8 Å². The Morgan fingerprint density at radius 2 is 1.90 bits per heavy atom. The van der Waals surface area contributed by atoms with E-state index in [2.05, 4.69) is 34.8 Å². The van der Waals surface area contributed by atoms with Gasteiger partial charge in [-0.1, -0.05) is 36.4 Å². The van der Waals surface area contributed by atoms with Crippen molar-refractivity contribution in [2.75, 3.05) is 35.7 Å². The molecular weight excluding hydrogens is 629 g/mol. The number of urea groups is 1. The van der Waals surface area contributed by atoms with Crippen LogP contribution in [0.1, 0.15) is 42.4 Å². The number of carbonyl (C=O) groups excluding carboxylic acids is 2. The number of fused-ring (bicyclic) bond motifs is 1. The van der Waals surface area contributed by atoms with Crippen LogP contribution in [0.5, 0.6) is 5.75 Å². The number of nitrogens with one attached hydrogen (secondary N) is 2. The minimum absolute atomic E-state index is 0.0958. The number of aryl methyl sites for hydroxylation is 1. The van der Waals surface area contributed by atoms with Crippen molar-refractivity contribution >= 4 is 41.0 Å². The zero-order chi connectivity index (χ0) is 34.0. The number of ether oxygens (including phenoxy) is 1. The standard InChI is InChI=1S/C36H42N6O5S/c1-24-8-3-14-32(25(24)2)47-18-7-15-33(43)42-17-19-48-34-29(11-5-13-31(34)42)27-21-39-41(23-27)22-26-9-4-10-28(20-26)40-36(46)38-16-6-12-30(37)35(44)45/h3-5,8-11,13-14,20-21,23,30H,6-7,12,15-19,22,37H2,1-2H3,(H,44,45)(H2,38,40,46). The molecule has 5 rings (SSSR count). The van der Waals surface area contributed by atoms with E-state index in [4.69, 9.17) is 15.6 Å². The second kappa shape index (κ2) is 16.3. The SMILES string of the molecule is Cc1cccc(OCCCC(=O)N2CCSc3c(-c4cnn(Cc5cccc(NC(=O)NCCCC(N)C(=O)O)c5)c4)cccc32)c1C. The van der Waals surface area contributed by atoms with Gasteiger partial charge in [-0.2, -0.15) is 5.10 Å². The van der Waals surface area contributed by atoms with Crippen LogP contribution in [0.4, 0.5) is 16.2 Å². The smallest absolute Gasteiger partial charge is 0.320 e. The van der Waals surface area contributed by atoms with E-state index >= 15 is 0 Å². The third-order valence-corrected chi connectivity index (χ3v) is 9.37. The number of thioether (sulfide) groups is 1. The Hall–Kier alpha value is -4.81. The Morgan fingerprint density at radius 3 is 2.73 bits per heavy atom. The number of carbonyl (C=O) groups is 3. The Labute approximate surface area is 284 Å². The molecule has 5 N–H and O–H groups in total. The van der Waals surface area contributed by atoms with Gasteiger partial charge in [0.05, 0.1) is 25.0 Å². The van der Waals surface area contributed by atoms with Gasteiger partial charge < -0.3 is 31.1 Å². The van der Waals surface area contributed by atoms with Crippen LogP contribution < -0.4 is 26.0 Å². The molecule has 1 aliphatic heterocycles. The maximum atomic E-state index is 13.3. The van der Waals surface area contributed by atoms with Crippen LogP contribution in [0.25, 0.3) is 11.1 Å². The number of nitrogens with two attached hydrogens (primary N) is 1. The molecule has 48 heavy (non-hydrogen) atoms. The second-order valence-corrected chi connectivity index (χ2v) is 12.9. The first-order chi connectivity index (χ1) is 23.2. The van der Waals surface area contributed by atoms with E-state index in [1.807, 2.05) is 71.4 Å². The van der Waals surface area contributed by atoms with Crippen molar-refractivity contribution in [2.24, 2.45) is 5.73 Å². The van der Waals surface area contributed by atoms with Crippen LogP contribution in [0.2, 0.25) is 0 Å². The van der Waals surface area contributed by atoms with Crippen LogP contribution in [0, 0.1) is 13.8 Å². The van der Waals surface area contributed by atoms with Crippen molar-refractivity contribution in [2.45, 2.75) is 57.0 Å². The van der Waals surface area contributed by atoms with Crippen molar-refractivity contribution < 1.29 is 24.2 Å². The first-order valence-electron chi connectivity index (χ1n) is 16.1. The van der Waals surface area contributed by atoms with E-state index in [0.717, 1.165) is 44.3 Å². The maximum absolute atomic E-state index is 13.3. The van der Waals surface area contributed by atoms with Crippen LogP contribution in [0.15, 0.2) is 78.0 Å². The number of carboxylic acid groups (broad SMARTS) is 1. The average molecular weight is 671 g/mol.